The number of aromatic nitrogens is 1. The molecule has 1 aliphatic heterocycles. The molecule has 0 spiro atoms. The number of hydrogen-bond donors (Lipinski definition) is 1. The van der Waals surface area contributed by atoms with Crippen molar-refractivity contribution in [3.05, 3.63) is 36.0 Å². The molecule has 19 heavy (non-hydrogen) atoms. The molecule has 1 aliphatic rings. The fraction of sp³-hybridized carbons (Fsp3) is 0.500. The lowest BCUT2D eigenvalue weighted by atomic mass is 10.1. The van der Waals surface area contributed by atoms with Gasteiger partial charge in [0.25, 0.3) is 0 Å². The Morgan fingerprint density at radius 2 is 1.95 bits per heavy atom. The highest BCUT2D eigenvalue weighted by atomic mass is 15.2. The minimum Gasteiger partial charge on any atom is -0.346 e. The predicted octanol–water partition coefficient (Wildman–Crippen LogP) is 2.46. The van der Waals surface area contributed by atoms with E-state index in [1.807, 2.05) is 7.05 Å². The van der Waals surface area contributed by atoms with Gasteiger partial charge < -0.3 is 14.8 Å². The highest BCUT2D eigenvalue weighted by molar-refractivity contribution is 5.80. The standard InChI is InChI=1S/C16H23N3/c1-17-13-14-4-5-15-6-9-19(16(15)12-14)11-10-18-7-2-3-8-18/h4-6,9,12,17H,2-3,7-8,10-11,13H2,1H3. The van der Waals surface area contributed by atoms with Crippen molar-refractivity contribution in [1.82, 2.24) is 14.8 Å². The smallest absolute Gasteiger partial charge is 0.0483 e. The minimum absolute atomic E-state index is 0.938. The van der Waals surface area contributed by atoms with Gasteiger partial charge in [0, 0.05) is 31.3 Å². The highest BCUT2D eigenvalue weighted by Gasteiger charge is 2.11. The van der Waals surface area contributed by atoms with E-state index in [1.54, 1.807) is 0 Å². The van der Waals surface area contributed by atoms with Crippen LogP contribution >= 0.6 is 0 Å². The lowest BCUT2D eigenvalue weighted by molar-refractivity contribution is 0.324. The van der Waals surface area contributed by atoms with E-state index >= 15 is 0 Å². The SMILES string of the molecule is CNCc1ccc2ccn(CCN3CCCC3)c2c1. The van der Waals surface area contributed by atoms with Gasteiger partial charge in [0.15, 0.2) is 0 Å². The summed E-state index contributed by atoms with van der Waals surface area (Å²) in [4.78, 5) is 2.57. The molecule has 0 aliphatic carbocycles. The zero-order chi connectivity index (χ0) is 13.1. The van der Waals surface area contributed by atoms with Crippen LogP contribution in [0.25, 0.3) is 10.9 Å². The normalized spacial score (nSPS) is 16.5. The topological polar surface area (TPSA) is 20.2 Å². The molecule has 0 saturated carbocycles. The van der Waals surface area contributed by atoms with Crippen LogP contribution in [-0.4, -0.2) is 36.1 Å². The van der Waals surface area contributed by atoms with Gasteiger partial charge in [-0.15, -0.1) is 0 Å². The summed E-state index contributed by atoms with van der Waals surface area (Å²) >= 11 is 0. The molecule has 1 saturated heterocycles. The Kier molecular flexibility index (Phi) is 3.85. The first kappa shape index (κ1) is 12.7. The fourth-order valence-electron chi connectivity index (χ4n) is 2.99. The Balaban J connectivity index is 1.76. The first-order chi connectivity index (χ1) is 9.36. The third-order valence-electron chi connectivity index (χ3n) is 4.08. The van der Waals surface area contributed by atoms with E-state index in [0.717, 1.165) is 13.1 Å². The maximum absolute atomic E-state index is 3.22. The van der Waals surface area contributed by atoms with Crippen LogP contribution in [0.15, 0.2) is 30.5 Å². The van der Waals surface area contributed by atoms with E-state index in [0.29, 0.717) is 0 Å². The highest BCUT2D eigenvalue weighted by Crippen LogP contribution is 2.18. The van der Waals surface area contributed by atoms with Gasteiger partial charge in [-0.05, 0) is 56.1 Å². The van der Waals surface area contributed by atoms with Crippen molar-refractivity contribution in [3.8, 4) is 0 Å². The molecule has 0 radical (unpaired) electrons. The maximum atomic E-state index is 3.22. The second-order valence-corrected chi connectivity index (χ2v) is 5.48. The van der Waals surface area contributed by atoms with Crippen molar-refractivity contribution >= 4 is 10.9 Å². The lowest BCUT2D eigenvalue weighted by Gasteiger charge is -2.15. The molecule has 102 valence electrons. The molecule has 0 atom stereocenters. The van der Waals surface area contributed by atoms with Gasteiger partial charge in [-0.1, -0.05) is 12.1 Å². The summed E-state index contributed by atoms with van der Waals surface area (Å²) < 4.78 is 2.40. The third-order valence-corrected chi connectivity index (χ3v) is 4.08. The molecule has 1 aromatic heterocycles. The Labute approximate surface area is 115 Å². The molecule has 1 aromatic carbocycles. The summed E-state index contributed by atoms with van der Waals surface area (Å²) in [6.07, 6.45) is 4.97. The van der Waals surface area contributed by atoms with Gasteiger partial charge in [0.1, 0.15) is 0 Å². The zero-order valence-corrected chi connectivity index (χ0v) is 11.7. The molecule has 3 heteroatoms. The number of benzene rings is 1. The molecule has 3 nitrogen and oxygen atoms in total. The number of fused-ring (bicyclic) bond motifs is 1. The Bertz CT molecular complexity index is 538. The number of hydrogen-bond acceptors (Lipinski definition) is 2. The van der Waals surface area contributed by atoms with E-state index in [4.69, 9.17) is 0 Å². The molecule has 0 bridgehead atoms. The van der Waals surface area contributed by atoms with E-state index in [9.17, 15) is 0 Å². The van der Waals surface area contributed by atoms with Gasteiger partial charge in [0.2, 0.25) is 0 Å². The van der Waals surface area contributed by atoms with Gasteiger partial charge in [-0.2, -0.15) is 0 Å². The number of rotatable bonds is 5. The van der Waals surface area contributed by atoms with Crippen molar-refractivity contribution in [2.45, 2.75) is 25.9 Å². The van der Waals surface area contributed by atoms with E-state index in [-0.39, 0.29) is 0 Å². The summed E-state index contributed by atoms with van der Waals surface area (Å²) in [6, 6.07) is 8.98. The van der Waals surface area contributed by atoms with E-state index in [1.165, 1.54) is 48.9 Å². The molecular formula is C16H23N3. The fourth-order valence-corrected chi connectivity index (χ4v) is 2.99. The number of nitrogens with zero attached hydrogens (tertiary/aromatic N) is 2. The van der Waals surface area contributed by atoms with Gasteiger partial charge in [-0.3, -0.25) is 0 Å². The lowest BCUT2D eigenvalue weighted by Crippen LogP contribution is -2.23. The monoisotopic (exact) mass is 257 g/mol. The predicted molar refractivity (Wildman–Crippen MR) is 80.4 cm³/mol. The molecule has 2 heterocycles. The van der Waals surface area contributed by atoms with Crippen LogP contribution in [0.2, 0.25) is 0 Å². The van der Waals surface area contributed by atoms with Gasteiger partial charge >= 0.3 is 0 Å². The van der Waals surface area contributed by atoms with Gasteiger partial charge in [0.05, 0.1) is 0 Å². The minimum atomic E-state index is 0.938. The molecular weight excluding hydrogens is 234 g/mol. The van der Waals surface area contributed by atoms with E-state index < -0.39 is 0 Å². The summed E-state index contributed by atoms with van der Waals surface area (Å²) in [5.41, 5.74) is 2.73. The third kappa shape index (κ3) is 2.82. The molecule has 1 fully saturated rings. The average molecular weight is 257 g/mol. The second kappa shape index (κ2) is 5.76. The second-order valence-electron chi connectivity index (χ2n) is 5.48. The quantitative estimate of drug-likeness (QED) is 0.888. The average Bonchev–Trinajstić information content (AvgIpc) is 3.05. The summed E-state index contributed by atoms with van der Waals surface area (Å²) in [7, 11) is 2.00. The van der Waals surface area contributed by atoms with Crippen molar-refractivity contribution in [1.29, 1.82) is 0 Å². The van der Waals surface area contributed by atoms with Gasteiger partial charge in [-0.25, -0.2) is 0 Å². The Hall–Kier alpha value is -1.32. The summed E-state index contributed by atoms with van der Waals surface area (Å²) in [5.74, 6) is 0. The first-order valence-electron chi connectivity index (χ1n) is 7.31. The summed E-state index contributed by atoms with van der Waals surface area (Å²) in [6.45, 7) is 5.79. The van der Waals surface area contributed by atoms with Crippen LogP contribution in [0.4, 0.5) is 0 Å². The molecule has 0 amide bonds. The Morgan fingerprint density at radius 3 is 2.74 bits per heavy atom. The largest absolute Gasteiger partial charge is 0.346 e. The zero-order valence-electron chi connectivity index (χ0n) is 11.7. The molecule has 1 N–H and O–H groups in total. The van der Waals surface area contributed by atoms with Crippen LogP contribution in [-0.2, 0) is 13.1 Å². The molecule has 2 aromatic rings. The van der Waals surface area contributed by atoms with Crippen molar-refractivity contribution in [3.63, 3.8) is 0 Å². The summed E-state index contributed by atoms with van der Waals surface area (Å²) in [5, 5.41) is 4.57. The van der Waals surface area contributed by atoms with Crippen molar-refractivity contribution in [2.24, 2.45) is 0 Å². The van der Waals surface area contributed by atoms with Crippen molar-refractivity contribution in [2.75, 3.05) is 26.7 Å². The Morgan fingerprint density at radius 1 is 1.11 bits per heavy atom. The van der Waals surface area contributed by atoms with Crippen LogP contribution in [0.5, 0.6) is 0 Å². The number of nitrogens with one attached hydrogen (secondary N) is 1. The van der Waals surface area contributed by atoms with Crippen molar-refractivity contribution < 1.29 is 0 Å². The maximum Gasteiger partial charge on any atom is 0.0483 e. The van der Waals surface area contributed by atoms with Crippen LogP contribution in [0, 0.1) is 0 Å². The first-order valence-corrected chi connectivity index (χ1v) is 7.31. The molecule has 0 unspecified atom stereocenters. The van der Waals surface area contributed by atoms with Crippen LogP contribution in [0.3, 0.4) is 0 Å². The number of likely N-dealkylation sites (tertiary alicyclic amines) is 1. The van der Waals surface area contributed by atoms with Crippen LogP contribution in [0.1, 0.15) is 18.4 Å². The molecule has 3 rings (SSSR count). The van der Waals surface area contributed by atoms with Crippen LogP contribution < -0.4 is 5.32 Å². The van der Waals surface area contributed by atoms with E-state index in [2.05, 4.69) is 45.2 Å².